The fourth-order valence-corrected chi connectivity index (χ4v) is 1.27. The van der Waals surface area contributed by atoms with Gasteiger partial charge in [-0.05, 0) is 18.6 Å². The first-order chi connectivity index (χ1) is 4.88. The minimum atomic E-state index is 0.374. The molecule has 2 heterocycles. The van der Waals surface area contributed by atoms with Gasteiger partial charge >= 0.3 is 0 Å². The molecule has 1 aliphatic rings. The highest BCUT2D eigenvalue weighted by Gasteiger charge is 2.05. The number of nitrogens with zero attached hydrogens (tertiary/aromatic N) is 1. The number of fused-ring (bicyclic) bond motifs is 1. The summed E-state index contributed by atoms with van der Waals surface area (Å²) in [6.07, 6.45) is 5.17. The van der Waals surface area contributed by atoms with E-state index in [1.54, 1.807) is 6.07 Å². The molecule has 0 fully saturated rings. The minimum Gasteiger partial charge on any atom is -0.494 e. The Labute approximate surface area is 59.4 Å². The van der Waals surface area contributed by atoms with Crippen molar-refractivity contribution in [3.8, 4) is 5.88 Å². The Morgan fingerprint density at radius 2 is 2.30 bits per heavy atom. The largest absolute Gasteiger partial charge is 0.494 e. The molecule has 1 aliphatic heterocycles. The molecule has 0 saturated carbocycles. The van der Waals surface area contributed by atoms with Crippen LogP contribution in [-0.4, -0.2) is 9.67 Å². The predicted molar refractivity (Wildman–Crippen MR) is 39.7 cm³/mol. The van der Waals surface area contributed by atoms with E-state index in [-0.39, 0.29) is 0 Å². The lowest BCUT2D eigenvalue weighted by Gasteiger charge is -2.09. The van der Waals surface area contributed by atoms with E-state index in [9.17, 15) is 5.11 Å². The van der Waals surface area contributed by atoms with E-state index in [0.29, 0.717) is 5.88 Å². The van der Waals surface area contributed by atoms with Gasteiger partial charge in [0.1, 0.15) is 0 Å². The molecule has 0 aromatic carbocycles. The first-order valence-corrected chi connectivity index (χ1v) is 3.43. The molecular weight excluding hydrogens is 126 g/mol. The van der Waals surface area contributed by atoms with Gasteiger partial charge in [-0.3, -0.25) is 0 Å². The van der Waals surface area contributed by atoms with E-state index in [1.807, 2.05) is 16.7 Å². The van der Waals surface area contributed by atoms with Crippen molar-refractivity contribution in [3.05, 3.63) is 23.9 Å². The number of rotatable bonds is 0. The van der Waals surface area contributed by atoms with Gasteiger partial charge in [0.2, 0.25) is 0 Å². The van der Waals surface area contributed by atoms with E-state index < -0.39 is 0 Å². The van der Waals surface area contributed by atoms with Crippen LogP contribution < -0.4 is 0 Å². The van der Waals surface area contributed by atoms with E-state index >= 15 is 0 Å². The molecule has 2 rings (SSSR count). The van der Waals surface area contributed by atoms with Crippen LogP contribution in [0.1, 0.15) is 12.1 Å². The van der Waals surface area contributed by atoms with Crippen molar-refractivity contribution in [3.63, 3.8) is 0 Å². The Kier molecular flexibility index (Phi) is 1.07. The number of hydrogen-bond acceptors (Lipinski definition) is 1. The Balaban J connectivity index is 2.57. The number of hydrogen-bond donors (Lipinski definition) is 1. The quantitative estimate of drug-likeness (QED) is 0.574. The van der Waals surface area contributed by atoms with Gasteiger partial charge in [0.05, 0.1) is 0 Å². The van der Waals surface area contributed by atoms with Crippen molar-refractivity contribution in [1.82, 2.24) is 4.57 Å². The zero-order chi connectivity index (χ0) is 6.97. The van der Waals surface area contributed by atoms with Crippen molar-refractivity contribution in [2.75, 3.05) is 0 Å². The van der Waals surface area contributed by atoms with E-state index in [0.717, 1.165) is 18.7 Å². The molecule has 10 heavy (non-hydrogen) atoms. The third-order valence-corrected chi connectivity index (χ3v) is 1.80. The van der Waals surface area contributed by atoms with Gasteiger partial charge < -0.3 is 9.67 Å². The molecule has 0 atom stereocenters. The Bertz CT molecular complexity index is 273. The highest BCUT2D eigenvalue weighted by molar-refractivity contribution is 5.49. The summed E-state index contributed by atoms with van der Waals surface area (Å²) in [5, 5.41) is 9.23. The van der Waals surface area contributed by atoms with Crippen molar-refractivity contribution in [2.24, 2.45) is 0 Å². The summed E-state index contributed by atoms with van der Waals surface area (Å²) in [5.41, 5.74) is 1.10. The fraction of sp³-hybridized carbons (Fsp3) is 0.250. The van der Waals surface area contributed by atoms with Crippen LogP contribution in [0.4, 0.5) is 0 Å². The average Bonchev–Trinajstić information content (AvgIpc) is 2.34. The van der Waals surface area contributed by atoms with Gasteiger partial charge in [0, 0.05) is 18.3 Å². The third kappa shape index (κ3) is 0.652. The molecule has 0 spiro atoms. The fourth-order valence-electron chi connectivity index (χ4n) is 1.27. The second-order valence-corrected chi connectivity index (χ2v) is 2.46. The maximum atomic E-state index is 9.23. The zero-order valence-electron chi connectivity index (χ0n) is 5.62. The van der Waals surface area contributed by atoms with Crippen LogP contribution in [0.3, 0.4) is 0 Å². The van der Waals surface area contributed by atoms with Gasteiger partial charge in [0.25, 0.3) is 0 Å². The van der Waals surface area contributed by atoms with E-state index in [2.05, 4.69) is 6.08 Å². The normalized spacial score (nSPS) is 15.2. The lowest BCUT2D eigenvalue weighted by molar-refractivity contribution is 0.416. The Morgan fingerprint density at radius 3 is 3.10 bits per heavy atom. The second kappa shape index (κ2) is 1.90. The van der Waals surface area contributed by atoms with Crippen molar-refractivity contribution < 1.29 is 5.11 Å². The van der Waals surface area contributed by atoms with E-state index in [4.69, 9.17) is 0 Å². The number of allylic oxidation sites excluding steroid dienone is 1. The summed E-state index contributed by atoms with van der Waals surface area (Å²) in [7, 11) is 0. The number of aromatic nitrogens is 1. The molecule has 0 saturated heterocycles. The third-order valence-electron chi connectivity index (χ3n) is 1.80. The summed E-state index contributed by atoms with van der Waals surface area (Å²) in [6.45, 7) is 0.907. The van der Waals surface area contributed by atoms with Crippen LogP contribution in [-0.2, 0) is 6.54 Å². The monoisotopic (exact) mass is 135 g/mol. The SMILES string of the molecule is Oc1ccc2n1CCC=C2. The molecule has 0 amide bonds. The Hall–Kier alpha value is -1.18. The highest BCUT2D eigenvalue weighted by Crippen LogP contribution is 2.20. The zero-order valence-corrected chi connectivity index (χ0v) is 5.62. The van der Waals surface area contributed by atoms with Gasteiger partial charge in [-0.2, -0.15) is 0 Å². The highest BCUT2D eigenvalue weighted by atomic mass is 16.3. The van der Waals surface area contributed by atoms with Crippen LogP contribution in [0.15, 0.2) is 18.2 Å². The standard InChI is InChI=1S/C8H9NO/c10-8-5-4-7-3-1-2-6-9(7)8/h1,3-5,10H,2,6H2. The first kappa shape index (κ1) is 5.59. The summed E-state index contributed by atoms with van der Waals surface area (Å²) in [5.74, 6) is 0.374. The molecule has 0 unspecified atom stereocenters. The summed E-state index contributed by atoms with van der Waals surface area (Å²) in [4.78, 5) is 0. The summed E-state index contributed by atoms with van der Waals surface area (Å²) in [6, 6.07) is 3.65. The lowest BCUT2D eigenvalue weighted by Crippen LogP contribution is -2.01. The van der Waals surface area contributed by atoms with Crippen molar-refractivity contribution in [2.45, 2.75) is 13.0 Å². The molecule has 0 radical (unpaired) electrons. The summed E-state index contributed by atoms with van der Waals surface area (Å²) < 4.78 is 1.90. The molecular formula is C8H9NO. The van der Waals surface area contributed by atoms with Gasteiger partial charge in [-0.1, -0.05) is 6.08 Å². The maximum Gasteiger partial charge on any atom is 0.191 e. The predicted octanol–water partition coefficient (Wildman–Crippen LogP) is 1.61. The van der Waals surface area contributed by atoms with Crippen molar-refractivity contribution >= 4 is 6.08 Å². The number of aromatic hydroxyl groups is 1. The molecule has 1 aromatic heterocycles. The van der Waals surface area contributed by atoms with Gasteiger partial charge in [-0.15, -0.1) is 0 Å². The van der Waals surface area contributed by atoms with Gasteiger partial charge in [0.15, 0.2) is 5.88 Å². The molecule has 2 heteroatoms. The van der Waals surface area contributed by atoms with Gasteiger partial charge in [-0.25, -0.2) is 0 Å². The van der Waals surface area contributed by atoms with Crippen LogP contribution in [0.2, 0.25) is 0 Å². The molecule has 1 aromatic rings. The second-order valence-electron chi connectivity index (χ2n) is 2.46. The van der Waals surface area contributed by atoms with Crippen molar-refractivity contribution in [1.29, 1.82) is 0 Å². The van der Waals surface area contributed by atoms with Crippen LogP contribution in [0.25, 0.3) is 6.08 Å². The maximum absolute atomic E-state index is 9.23. The smallest absolute Gasteiger partial charge is 0.191 e. The minimum absolute atomic E-state index is 0.374. The van der Waals surface area contributed by atoms with Crippen LogP contribution >= 0.6 is 0 Å². The first-order valence-electron chi connectivity index (χ1n) is 3.43. The van der Waals surface area contributed by atoms with Crippen LogP contribution in [0.5, 0.6) is 5.88 Å². The molecule has 1 N–H and O–H groups in total. The topological polar surface area (TPSA) is 25.2 Å². The lowest BCUT2D eigenvalue weighted by atomic mass is 10.2. The average molecular weight is 135 g/mol. The molecule has 52 valence electrons. The molecule has 0 aliphatic carbocycles. The van der Waals surface area contributed by atoms with Crippen LogP contribution in [0, 0.1) is 0 Å². The van der Waals surface area contributed by atoms with E-state index in [1.165, 1.54) is 0 Å². The Morgan fingerprint density at radius 1 is 1.40 bits per heavy atom. The summed E-state index contributed by atoms with van der Waals surface area (Å²) >= 11 is 0. The molecule has 2 nitrogen and oxygen atoms in total. The molecule has 0 bridgehead atoms.